The van der Waals surface area contributed by atoms with Gasteiger partial charge in [0.1, 0.15) is 5.75 Å². The van der Waals surface area contributed by atoms with E-state index >= 15 is 0 Å². The Morgan fingerprint density at radius 1 is 1.47 bits per heavy atom. The molecule has 0 aliphatic rings. The lowest BCUT2D eigenvalue weighted by Gasteiger charge is -2.16. The molecule has 0 bridgehead atoms. The molecular formula is C7H9F2N3O2S. The van der Waals surface area contributed by atoms with E-state index in [-0.39, 0.29) is 0 Å². The lowest BCUT2D eigenvalue weighted by Crippen LogP contribution is -2.32. The normalized spacial score (nSPS) is 16.0. The van der Waals surface area contributed by atoms with E-state index in [9.17, 15) is 17.2 Å². The highest BCUT2D eigenvalue weighted by Crippen LogP contribution is 2.22. The van der Waals surface area contributed by atoms with E-state index < -0.39 is 33.1 Å². The van der Waals surface area contributed by atoms with Crippen LogP contribution in [0.1, 0.15) is 12.7 Å². The molecule has 0 aliphatic heterocycles. The summed E-state index contributed by atoms with van der Waals surface area (Å²) < 4.78 is 47.6. The first-order valence-corrected chi connectivity index (χ1v) is 5.60. The molecule has 0 aliphatic carbocycles. The highest BCUT2D eigenvalue weighted by molar-refractivity contribution is 7.89. The molecule has 1 atom stereocenters. The van der Waals surface area contributed by atoms with Crippen molar-refractivity contribution in [3.05, 3.63) is 24.0 Å². The quantitative estimate of drug-likeness (QED) is 0.807. The van der Waals surface area contributed by atoms with Crippen LogP contribution in [-0.2, 0) is 15.7 Å². The third-order valence-corrected chi connectivity index (χ3v) is 2.50. The van der Waals surface area contributed by atoms with Crippen molar-refractivity contribution in [3.8, 4) is 0 Å². The number of hydrogen-bond donors (Lipinski definition) is 1. The zero-order chi connectivity index (χ0) is 11.7. The van der Waals surface area contributed by atoms with Crippen LogP contribution in [0.5, 0.6) is 0 Å². The number of halogens is 2. The molecule has 0 aromatic carbocycles. The molecule has 8 heteroatoms. The van der Waals surface area contributed by atoms with Crippen molar-refractivity contribution < 1.29 is 17.2 Å². The molecule has 84 valence electrons. The van der Waals surface area contributed by atoms with Crippen molar-refractivity contribution in [2.24, 2.45) is 5.14 Å². The number of rotatable bonds is 3. The van der Waals surface area contributed by atoms with Gasteiger partial charge in [0.15, 0.2) is 17.3 Å². The zero-order valence-corrected chi connectivity index (χ0v) is 8.63. The second-order valence-corrected chi connectivity index (χ2v) is 4.84. The maximum atomic E-state index is 13.7. The van der Waals surface area contributed by atoms with E-state index in [4.69, 9.17) is 5.14 Å². The van der Waals surface area contributed by atoms with Crippen LogP contribution in [0.15, 0.2) is 12.4 Å². The molecule has 0 spiro atoms. The molecule has 0 saturated carbocycles. The Bertz CT molecular complexity index is 444. The predicted octanol–water partition coefficient (Wildman–Crippen LogP) is 0.0889. The Balaban J connectivity index is 3.00. The summed E-state index contributed by atoms with van der Waals surface area (Å²) in [5.41, 5.74) is -2.33. The van der Waals surface area contributed by atoms with Gasteiger partial charge in [-0.3, -0.25) is 0 Å². The first-order valence-electron chi connectivity index (χ1n) is 3.88. The summed E-state index contributed by atoms with van der Waals surface area (Å²) in [7, 11) is -3.99. The smallest absolute Gasteiger partial charge is 0.212 e. The maximum absolute atomic E-state index is 13.7. The van der Waals surface area contributed by atoms with Crippen LogP contribution in [0, 0.1) is 5.82 Å². The minimum absolute atomic E-state index is 0.419. The molecule has 1 unspecified atom stereocenters. The van der Waals surface area contributed by atoms with Crippen molar-refractivity contribution in [1.29, 1.82) is 0 Å². The summed E-state index contributed by atoms with van der Waals surface area (Å²) in [4.78, 5) is 6.71. The highest BCUT2D eigenvalue weighted by Gasteiger charge is 2.33. The molecule has 0 amide bonds. The average molecular weight is 237 g/mol. The van der Waals surface area contributed by atoms with Gasteiger partial charge < -0.3 is 0 Å². The van der Waals surface area contributed by atoms with Gasteiger partial charge in [0, 0.05) is 0 Å². The second kappa shape index (κ2) is 3.78. The predicted molar refractivity (Wildman–Crippen MR) is 48.4 cm³/mol. The Morgan fingerprint density at radius 3 is 2.33 bits per heavy atom. The van der Waals surface area contributed by atoms with E-state index in [2.05, 4.69) is 9.97 Å². The van der Waals surface area contributed by atoms with Crippen LogP contribution < -0.4 is 5.14 Å². The summed E-state index contributed by atoms with van der Waals surface area (Å²) in [5.74, 6) is -2.10. The van der Waals surface area contributed by atoms with Crippen molar-refractivity contribution in [1.82, 2.24) is 9.97 Å². The first kappa shape index (κ1) is 11.9. The number of aromatic nitrogens is 2. The van der Waals surface area contributed by atoms with E-state index in [1.54, 1.807) is 0 Å². The minimum atomic E-state index is -3.99. The van der Waals surface area contributed by atoms with E-state index in [0.29, 0.717) is 0 Å². The largest absolute Gasteiger partial charge is 0.235 e. The van der Waals surface area contributed by atoms with Crippen LogP contribution in [0.25, 0.3) is 0 Å². The average Bonchev–Trinajstić information content (AvgIpc) is 2.00. The number of sulfonamides is 1. The Kier molecular flexibility index (Phi) is 3.00. The molecular weight excluding hydrogens is 228 g/mol. The van der Waals surface area contributed by atoms with Crippen LogP contribution in [0.4, 0.5) is 8.78 Å². The van der Waals surface area contributed by atoms with Crippen LogP contribution in [-0.4, -0.2) is 24.1 Å². The van der Waals surface area contributed by atoms with Gasteiger partial charge >= 0.3 is 0 Å². The zero-order valence-electron chi connectivity index (χ0n) is 7.81. The van der Waals surface area contributed by atoms with Gasteiger partial charge in [-0.05, 0) is 6.92 Å². The van der Waals surface area contributed by atoms with Crippen molar-refractivity contribution in [2.75, 3.05) is 5.75 Å². The van der Waals surface area contributed by atoms with Crippen LogP contribution in [0.3, 0.4) is 0 Å². The molecule has 0 saturated heterocycles. The van der Waals surface area contributed by atoms with E-state index in [1.807, 2.05) is 0 Å². The second-order valence-electron chi connectivity index (χ2n) is 3.23. The Morgan fingerprint density at radius 2 is 1.93 bits per heavy atom. The van der Waals surface area contributed by atoms with Gasteiger partial charge in [-0.2, -0.15) is 0 Å². The third-order valence-electron chi connectivity index (χ3n) is 1.56. The van der Waals surface area contributed by atoms with Crippen LogP contribution in [0.2, 0.25) is 0 Å². The molecule has 15 heavy (non-hydrogen) atoms. The van der Waals surface area contributed by atoms with Crippen molar-refractivity contribution in [2.45, 2.75) is 12.6 Å². The van der Waals surface area contributed by atoms with Gasteiger partial charge in [0.05, 0.1) is 12.4 Å². The van der Waals surface area contributed by atoms with Gasteiger partial charge in [0.2, 0.25) is 10.0 Å². The summed E-state index contributed by atoms with van der Waals surface area (Å²) in [6.45, 7) is 0.963. The number of primary sulfonamides is 1. The molecule has 1 rings (SSSR count). The Labute approximate surface area is 85.4 Å². The monoisotopic (exact) mass is 237 g/mol. The van der Waals surface area contributed by atoms with Crippen molar-refractivity contribution in [3.63, 3.8) is 0 Å². The van der Waals surface area contributed by atoms with Crippen LogP contribution >= 0.6 is 0 Å². The SMILES string of the molecule is CC(F)(CS(N)(=O)=O)c1ncc(F)cn1. The fourth-order valence-electron chi connectivity index (χ4n) is 1.02. The summed E-state index contributed by atoms with van der Waals surface area (Å²) in [6.07, 6.45) is 1.51. The molecule has 1 heterocycles. The highest BCUT2D eigenvalue weighted by atomic mass is 32.2. The Hall–Kier alpha value is -1.15. The molecule has 0 fully saturated rings. The summed E-state index contributed by atoms with van der Waals surface area (Å²) in [5, 5.41) is 4.69. The minimum Gasteiger partial charge on any atom is -0.235 e. The molecule has 0 radical (unpaired) electrons. The molecule has 2 N–H and O–H groups in total. The lowest BCUT2D eigenvalue weighted by molar-refractivity contribution is 0.209. The number of nitrogens with zero attached hydrogens (tertiary/aromatic N) is 2. The number of nitrogens with two attached hydrogens (primary N) is 1. The maximum Gasteiger partial charge on any atom is 0.212 e. The fourth-order valence-corrected chi connectivity index (χ4v) is 1.91. The van der Waals surface area contributed by atoms with Crippen molar-refractivity contribution >= 4 is 10.0 Å². The fraction of sp³-hybridized carbons (Fsp3) is 0.429. The van der Waals surface area contributed by atoms with Gasteiger partial charge in [-0.1, -0.05) is 0 Å². The van der Waals surface area contributed by atoms with E-state index in [1.165, 1.54) is 0 Å². The molecule has 5 nitrogen and oxygen atoms in total. The number of alkyl halides is 1. The standard InChI is InChI=1S/C7H9F2N3O2S/c1-7(9,4-15(10,13)14)6-11-2-5(8)3-12-6/h2-3H,4H2,1H3,(H2,10,13,14). The van der Waals surface area contributed by atoms with E-state index in [0.717, 1.165) is 19.3 Å². The number of hydrogen-bond acceptors (Lipinski definition) is 4. The molecule has 1 aromatic heterocycles. The third kappa shape index (κ3) is 3.48. The van der Waals surface area contributed by atoms with Gasteiger partial charge in [-0.15, -0.1) is 0 Å². The summed E-state index contributed by atoms with van der Waals surface area (Å²) >= 11 is 0. The molecule has 1 aromatic rings. The van der Waals surface area contributed by atoms with Gasteiger partial charge in [0.25, 0.3) is 0 Å². The first-order chi connectivity index (χ1) is 6.71. The summed E-state index contributed by atoms with van der Waals surface area (Å²) in [6, 6.07) is 0. The lowest BCUT2D eigenvalue weighted by atomic mass is 10.1. The topological polar surface area (TPSA) is 85.9 Å². The van der Waals surface area contributed by atoms with Gasteiger partial charge in [-0.25, -0.2) is 32.3 Å².